The second kappa shape index (κ2) is 4.49. The molecule has 2 aromatic heterocycles. The van der Waals surface area contributed by atoms with Crippen LogP contribution in [0.4, 0.5) is 0 Å². The summed E-state index contributed by atoms with van der Waals surface area (Å²) in [6.45, 7) is 0.528. The fourth-order valence-electron chi connectivity index (χ4n) is 2.93. The molecule has 1 aliphatic rings. The van der Waals surface area contributed by atoms with Gasteiger partial charge in [-0.15, -0.1) is 0 Å². The van der Waals surface area contributed by atoms with Crippen molar-refractivity contribution in [1.82, 2.24) is 9.38 Å². The first-order chi connectivity index (χ1) is 8.40. The average Bonchev–Trinajstić information content (AvgIpc) is 2.78. The molecule has 1 saturated carbocycles. The van der Waals surface area contributed by atoms with Crippen LogP contribution in [0.5, 0.6) is 0 Å². The van der Waals surface area contributed by atoms with E-state index in [2.05, 4.69) is 28.8 Å². The van der Waals surface area contributed by atoms with Crippen molar-refractivity contribution in [2.45, 2.75) is 44.6 Å². The maximum absolute atomic E-state index is 5.78. The van der Waals surface area contributed by atoms with Crippen LogP contribution in [0.2, 0.25) is 0 Å². The Kier molecular flexibility index (Phi) is 2.85. The Bertz CT molecular complexity index is 509. The number of fused-ring (bicyclic) bond motifs is 1. The van der Waals surface area contributed by atoms with Crippen LogP contribution in [0, 0.1) is 0 Å². The van der Waals surface area contributed by atoms with Crippen LogP contribution >= 0.6 is 0 Å². The van der Waals surface area contributed by atoms with Gasteiger partial charge in [0.1, 0.15) is 5.82 Å². The Morgan fingerprint density at radius 3 is 2.82 bits per heavy atom. The zero-order valence-corrected chi connectivity index (χ0v) is 10.1. The lowest BCUT2D eigenvalue weighted by molar-refractivity contribution is 0.427. The van der Waals surface area contributed by atoms with Crippen molar-refractivity contribution in [1.29, 1.82) is 0 Å². The van der Waals surface area contributed by atoms with Gasteiger partial charge in [0.2, 0.25) is 0 Å². The predicted molar refractivity (Wildman–Crippen MR) is 68.9 cm³/mol. The van der Waals surface area contributed by atoms with Crippen LogP contribution in [0.15, 0.2) is 24.4 Å². The van der Waals surface area contributed by atoms with Crippen molar-refractivity contribution in [3.63, 3.8) is 0 Å². The van der Waals surface area contributed by atoms with Gasteiger partial charge in [-0.1, -0.05) is 25.3 Å². The van der Waals surface area contributed by atoms with Gasteiger partial charge in [-0.05, 0) is 25.0 Å². The SMILES string of the molecule is NCc1nc(C2CCCCC2)n2ccccc12. The highest BCUT2D eigenvalue weighted by molar-refractivity contribution is 5.53. The Balaban J connectivity index is 2.08. The third-order valence-electron chi connectivity index (χ3n) is 3.82. The minimum absolute atomic E-state index is 0.528. The molecule has 1 fully saturated rings. The van der Waals surface area contributed by atoms with Gasteiger partial charge in [-0.3, -0.25) is 0 Å². The molecule has 1 aliphatic carbocycles. The number of hydrogen-bond acceptors (Lipinski definition) is 2. The van der Waals surface area contributed by atoms with E-state index in [1.165, 1.54) is 43.4 Å². The molecule has 2 N–H and O–H groups in total. The van der Waals surface area contributed by atoms with Gasteiger partial charge in [-0.25, -0.2) is 4.98 Å². The smallest absolute Gasteiger partial charge is 0.116 e. The van der Waals surface area contributed by atoms with Crippen molar-refractivity contribution in [2.75, 3.05) is 0 Å². The molecule has 17 heavy (non-hydrogen) atoms. The van der Waals surface area contributed by atoms with Gasteiger partial charge >= 0.3 is 0 Å². The average molecular weight is 229 g/mol. The summed E-state index contributed by atoms with van der Waals surface area (Å²) in [6, 6.07) is 6.24. The predicted octanol–water partition coefficient (Wildman–Crippen LogP) is 2.84. The molecular weight excluding hydrogens is 210 g/mol. The number of nitrogens with zero attached hydrogens (tertiary/aromatic N) is 2. The summed E-state index contributed by atoms with van der Waals surface area (Å²) < 4.78 is 2.23. The third-order valence-corrected chi connectivity index (χ3v) is 3.82. The van der Waals surface area contributed by atoms with Crippen molar-refractivity contribution in [3.8, 4) is 0 Å². The van der Waals surface area contributed by atoms with Crippen molar-refractivity contribution >= 4 is 5.52 Å². The first kappa shape index (κ1) is 10.8. The number of nitrogens with two attached hydrogens (primary N) is 1. The lowest BCUT2D eigenvalue weighted by atomic mass is 9.89. The fraction of sp³-hybridized carbons (Fsp3) is 0.500. The Hall–Kier alpha value is -1.35. The maximum atomic E-state index is 5.78. The monoisotopic (exact) mass is 229 g/mol. The first-order valence-corrected chi connectivity index (χ1v) is 6.56. The normalized spacial score (nSPS) is 17.7. The van der Waals surface area contributed by atoms with Gasteiger partial charge < -0.3 is 10.1 Å². The van der Waals surface area contributed by atoms with Gasteiger partial charge in [0.25, 0.3) is 0 Å². The Morgan fingerprint density at radius 2 is 2.06 bits per heavy atom. The zero-order valence-electron chi connectivity index (χ0n) is 10.1. The minimum atomic E-state index is 0.528. The molecule has 0 aromatic carbocycles. The number of hydrogen-bond donors (Lipinski definition) is 1. The summed E-state index contributed by atoms with van der Waals surface area (Å²) in [7, 11) is 0. The van der Waals surface area contributed by atoms with E-state index < -0.39 is 0 Å². The van der Waals surface area contributed by atoms with Crippen molar-refractivity contribution in [2.24, 2.45) is 5.73 Å². The first-order valence-electron chi connectivity index (χ1n) is 6.56. The van der Waals surface area contributed by atoms with E-state index in [1.807, 2.05) is 0 Å². The molecule has 0 atom stereocenters. The molecule has 0 spiro atoms. The Labute approximate surface area is 102 Å². The summed E-state index contributed by atoms with van der Waals surface area (Å²) in [4.78, 5) is 4.77. The molecule has 3 heteroatoms. The number of imidazole rings is 1. The molecular formula is C14H19N3. The third kappa shape index (κ3) is 1.84. The maximum Gasteiger partial charge on any atom is 0.116 e. The number of aromatic nitrogens is 2. The van der Waals surface area contributed by atoms with Crippen LogP contribution in [0.3, 0.4) is 0 Å². The van der Waals surface area contributed by atoms with Crippen LogP contribution in [-0.2, 0) is 6.54 Å². The highest BCUT2D eigenvalue weighted by atomic mass is 15.0. The van der Waals surface area contributed by atoms with Crippen molar-refractivity contribution in [3.05, 3.63) is 35.9 Å². The van der Waals surface area contributed by atoms with Crippen LogP contribution < -0.4 is 5.73 Å². The van der Waals surface area contributed by atoms with Crippen LogP contribution in [0.25, 0.3) is 5.52 Å². The zero-order chi connectivity index (χ0) is 11.7. The molecule has 3 rings (SSSR count). The largest absolute Gasteiger partial charge is 0.325 e. The summed E-state index contributed by atoms with van der Waals surface area (Å²) in [6.07, 6.45) is 8.72. The van der Waals surface area contributed by atoms with E-state index in [-0.39, 0.29) is 0 Å². The lowest BCUT2D eigenvalue weighted by Crippen LogP contribution is -2.08. The fourth-order valence-corrected chi connectivity index (χ4v) is 2.93. The quantitative estimate of drug-likeness (QED) is 0.860. The summed E-state index contributed by atoms with van der Waals surface area (Å²) >= 11 is 0. The molecule has 0 amide bonds. The Morgan fingerprint density at radius 1 is 1.24 bits per heavy atom. The van der Waals surface area contributed by atoms with Gasteiger partial charge in [0.05, 0.1) is 11.2 Å². The highest BCUT2D eigenvalue weighted by Gasteiger charge is 2.21. The van der Waals surface area contributed by atoms with E-state index in [0.717, 1.165) is 5.69 Å². The summed E-state index contributed by atoms with van der Waals surface area (Å²) in [5.74, 6) is 1.85. The van der Waals surface area contributed by atoms with Gasteiger partial charge in [-0.2, -0.15) is 0 Å². The highest BCUT2D eigenvalue weighted by Crippen LogP contribution is 2.32. The molecule has 0 aliphatic heterocycles. The standard InChI is InChI=1S/C14H19N3/c15-10-12-13-8-4-5-9-17(13)14(16-12)11-6-2-1-3-7-11/h4-5,8-9,11H,1-3,6-7,10,15H2. The van der Waals surface area contributed by atoms with Crippen LogP contribution in [-0.4, -0.2) is 9.38 Å². The second-order valence-corrected chi connectivity index (χ2v) is 4.91. The van der Waals surface area contributed by atoms with Crippen molar-refractivity contribution < 1.29 is 0 Å². The molecule has 2 heterocycles. The number of rotatable bonds is 2. The molecule has 90 valence electrons. The van der Waals surface area contributed by atoms with Gasteiger partial charge in [0.15, 0.2) is 0 Å². The molecule has 2 aromatic rings. The lowest BCUT2D eigenvalue weighted by Gasteiger charge is -2.20. The van der Waals surface area contributed by atoms with E-state index in [4.69, 9.17) is 10.7 Å². The molecule has 0 bridgehead atoms. The molecule has 0 saturated heterocycles. The second-order valence-electron chi connectivity index (χ2n) is 4.91. The van der Waals surface area contributed by atoms with E-state index in [9.17, 15) is 0 Å². The molecule has 0 unspecified atom stereocenters. The number of pyridine rings is 1. The molecule has 0 radical (unpaired) electrons. The van der Waals surface area contributed by atoms with E-state index in [0.29, 0.717) is 12.5 Å². The molecule has 3 nitrogen and oxygen atoms in total. The van der Waals surface area contributed by atoms with E-state index in [1.54, 1.807) is 0 Å². The topological polar surface area (TPSA) is 43.3 Å². The summed E-state index contributed by atoms with van der Waals surface area (Å²) in [5, 5.41) is 0. The van der Waals surface area contributed by atoms with Crippen LogP contribution in [0.1, 0.15) is 49.5 Å². The van der Waals surface area contributed by atoms with Gasteiger partial charge in [0, 0.05) is 18.7 Å². The van der Waals surface area contributed by atoms with E-state index >= 15 is 0 Å². The minimum Gasteiger partial charge on any atom is -0.325 e. The summed E-state index contributed by atoms with van der Waals surface area (Å²) in [5.41, 5.74) is 7.99.